The van der Waals surface area contributed by atoms with Gasteiger partial charge in [0.25, 0.3) is 0 Å². The van der Waals surface area contributed by atoms with Crippen molar-refractivity contribution in [3.8, 4) is 11.5 Å². The van der Waals surface area contributed by atoms with Crippen LogP contribution < -0.4 is 15.2 Å². The molecule has 0 aromatic heterocycles. The largest absolute Gasteiger partial charge is 0.493 e. The van der Waals surface area contributed by atoms with Crippen molar-refractivity contribution in [3.63, 3.8) is 0 Å². The predicted molar refractivity (Wildman–Crippen MR) is 64.5 cm³/mol. The van der Waals surface area contributed by atoms with Crippen LogP contribution in [0.1, 0.15) is 18.4 Å². The first-order valence-corrected chi connectivity index (χ1v) is 5.67. The van der Waals surface area contributed by atoms with Gasteiger partial charge in [-0.15, -0.1) is 0 Å². The van der Waals surface area contributed by atoms with Crippen molar-refractivity contribution >= 4 is 11.6 Å². The van der Waals surface area contributed by atoms with Crippen LogP contribution in [0.2, 0.25) is 5.02 Å². The quantitative estimate of drug-likeness (QED) is 0.880. The van der Waals surface area contributed by atoms with Crippen LogP contribution in [0.4, 0.5) is 0 Å². The molecular formula is C12H16ClNO2. The number of rotatable bonds is 4. The lowest BCUT2D eigenvalue weighted by atomic mass is 9.95. The molecule has 1 fully saturated rings. The van der Waals surface area contributed by atoms with Gasteiger partial charge < -0.3 is 15.2 Å². The topological polar surface area (TPSA) is 44.5 Å². The van der Waals surface area contributed by atoms with Crippen molar-refractivity contribution in [2.45, 2.75) is 18.3 Å². The maximum Gasteiger partial charge on any atom is 0.179 e. The van der Waals surface area contributed by atoms with Crippen LogP contribution in [0.3, 0.4) is 0 Å². The molecule has 1 aliphatic rings. The van der Waals surface area contributed by atoms with Crippen molar-refractivity contribution in [2.75, 3.05) is 20.8 Å². The summed E-state index contributed by atoms with van der Waals surface area (Å²) in [6, 6.07) is 3.87. The zero-order valence-corrected chi connectivity index (χ0v) is 10.3. The zero-order valence-electron chi connectivity index (χ0n) is 9.55. The first kappa shape index (κ1) is 11.6. The highest BCUT2D eigenvalue weighted by Gasteiger charge is 2.45. The Morgan fingerprint density at radius 2 is 2.00 bits per heavy atom. The van der Waals surface area contributed by atoms with Crippen LogP contribution >= 0.6 is 11.6 Å². The fourth-order valence-electron chi connectivity index (χ4n) is 2.03. The molecule has 0 spiro atoms. The maximum absolute atomic E-state index is 6.34. The number of hydrogen-bond donors (Lipinski definition) is 1. The van der Waals surface area contributed by atoms with Crippen LogP contribution in [-0.4, -0.2) is 20.8 Å². The number of halogens is 1. The molecule has 1 saturated carbocycles. The molecule has 2 rings (SSSR count). The Kier molecular flexibility index (Phi) is 3.00. The molecule has 0 saturated heterocycles. The number of benzene rings is 1. The average Bonchev–Trinajstić information content (AvgIpc) is 3.09. The van der Waals surface area contributed by atoms with Crippen molar-refractivity contribution < 1.29 is 9.47 Å². The number of nitrogens with two attached hydrogens (primary N) is 1. The van der Waals surface area contributed by atoms with E-state index < -0.39 is 0 Å². The molecule has 1 aliphatic carbocycles. The Bertz CT molecular complexity index is 402. The normalized spacial score (nSPS) is 17.0. The van der Waals surface area contributed by atoms with E-state index in [1.54, 1.807) is 14.2 Å². The van der Waals surface area contributed by atoms with E-state index in [1.165, 1.54) is 0 Å². The Labute approximate surface area is 100 Å². The van der Waals surface area contributed by atoms with Crippen molar-refractivity contribution in [3.05, 3.63) is 22.7 Å². The van der Waals surface area contributed by atoms with E-state index in [0.717, 1.165) is 18.4 Å². The van der Waals surface area contributed by atoms with Crippen LogP contribution in [0, 0.1) is 0 Å². The Morgan fingerprint density at radius 3 is 2.44 bits per heavy atom. The zero-order chi connectivity index (χ0) is 11.8. The third kappa shape index (κ3) is 1.64. The molecule has 0 heterocycles. The van der Waals surface area contributed by atoms with Crippen LogP contribution in [0.5, 0.6) is 11.5 Å². The van der Waals surface area contributed by atoms with Gasteiger partial charge in [-0.3, -0.25) is 0 Å². The molecule has 16 heavy (non-hydrogen) atoms. The Morgan fingerprint density at radius 1 is 1.31 bits per heavy atom. The predicted octanol–water partition coefficient (Wildman–Crippen LogP) is 2.35. The van der Waals surface area contributed by atoms with Gasteiger partial charge in [0.05, 0.1) is 19.2 Å². The van der Waals surface area contributed by atoms with Crippen LogP contribution in [-0.2, 0) is 5.41 Å². The number of ether oxygens (including phenoxy) is 2. The SMILES string of the molecule is COc1ccc(C2(CN)CC2)c(Cl)c1OC. The molecule has 4 heteroatoms. The summed E-state index contributed by atoms with van der Waals surface area (Å²) < 4.78 is 10.5. The summed E-state index contributed by atoms with van der Waals surface area (Å²) >= 11 is 6.34. The van der Waals surface area contributed by atoms with Crippen molar-refractivity contribution in [2.24, 2.45) is 5.73 Å². The fraction of sp³-hybridized carbons (Fsp3) is 0.500. The van der Waals surface area contributed by atoms with E-state index in [1.807, 2.05) is 12.1 Å². The Balaban J connectivity index is 2.49. The summed E-state index contributed by atoms with van der Waals surface area (Å²) in [6.45, 7) is 0.627. The van der Waals surface area contributed by atoms with Crippen LogP contribution in [0.15, 0.2) is 12.1 Å². The average molecular weight is 242 g/mol. The molecule has 1 aromatic rings. The van der Waals surface area contributed by atoms with Crippen molar-refractivity contribution in [1.82, 2.24) is 0 Å². The van der Waals surface area contributed by atoms with E-state index in [2.05, 4.69) is 0 Å². The minimum absolute atomic E-state index is 0.0661. The van der Waals surface area contributed by atoms with Gasteiger partial charge in [0, 0.05) is 12.0 Å². The first-order chi connectivity index (χ1) is 7.68. The van der Waals surface area contributed by atoms with E-state index in [9.17, 15) is 0 Å². The summed E-state index contributed by atoms with van der Waals surface area (Å²) in [5, 5.41) is 0.629. The second kappa shape index (κ2) is 4.15. The Hall–Kier alpha value is -0.930. The van der Waals surface area contributed by atoms with Gasteiger partial charge in [-0.1, -0.05) is 17.7 Å². The molecule has 2 N–H and O–H groups in total. The second-order valence-electron chi connectivity index (χ2n) is 4.15. The van der Waals surface area contributed by atoms with Gasteiger partial charge in [-0.2, -0.15) is 0 Å². The molecule has 3 nitrogen and oxygen atoms in total. The molecule has 0 bridgehead atoms. The van der Waals surface area contributed by atoms with Gasteiger partial charge in [0.2, 0.25) is 0 Å². The second-order valence-corrected chi connectivity index (χ2v) is 4.53. The van der Waals surface area contributed by atoms with Gasteiger partial charge in [-0.25, -0.2) is 0 Å². The smallest absolute Gasteiger partial charge is 0.179 e. The molecule has 88 valence electrons. The van der Waals surface area contributed by atoms with Gasteiger partial charge in [0.15, 0.2) is 11.5 Å². The lowest BCUT2D eigenvalue weighted by Crippen LogP contribution is -2.20. The fourth-order valence-corrected chi connectivity index (χ4v) is 2.47. The standard InChI is InChI=1S/C12H16ClNO2/c1-15-9-4-3-8(10(13)11(9)16-2)12(7-14)5-6-12/h3-4H,5-7,14H2,1-2H3. The molecule has 0 atom stereocenters. The number of hydrogen-bond acceptors (Lipinski definition) is 3. The highest BCUT2D eigenvalue weighted by molar-refractivity contribution is 6.33. The number of methoxy groups -OCH3 is 2. The highest BCUT2D eigenvalue weighted by Crippen LogP contribution is 2.52. The molecular weight excluding hydrogens is 226 g/mol. The molecule has 1 aromatic carbocycles. The third-order valence-electron chi connectivity index (χ3n) is 3.30. The molecule has 0 aliphatic heterocycles. The summed E-state index contributed by atoms with van der Waals surface area (Å²) in [6.07, 6.45) is 2.19. The molecule has 0 unspecified atom stereocenters. The van der Waals surface area contributed by atoms with Crippen LogP contribution in [0.25, 0.3) is 0 Å². The monoisotopic (exact) mass is 241 g/mol. The summed E-state index contributed by atoms with van der Waals surface area (Å²) in [5.74, 6) is 1.26. The van der Waals surface area contributed by atoms with Gasteiger partial charge in [-0.05, 0) is 24.5 Å². The minimum atomic E-state index is 0.0661. The minimum Gasteiger partial charge on any atom is -0.493 e. The molecule has 0 amide bonds. The summed E-state index contributed by atoms with van der Waals surface area (Å²) in [4.78, 5) is 0. The van der Waals surface area contributed by atoms with E-state index in [-0.39, 0.29) is 5.41 Å². The van der Waals surface area contributed by atoms with E-state index in [4.69, 9.17) is 26.8 Å². The van der Waals surface area contributed by atoms with E-state index in [0.29, 0.717) is 23.1 Å². The van der Waals surface area contributed by atoms with E-state index >= 15 is 0 Å². The first-order valence-electron chi connectivity index (χ1n) is 5.29. The molecule has 0 radical (unpaired) electrons. The van der Waals surface area contributed by atoms with Gasteiger partial charge in [0.1, 0.15) is 0 Å². The lowest BCUT2D eigenvalue weighted by molar-refractivity contribution is 0.354. The maximum atomic E-state index is 6.34. The van der Waals surface area contributed by atoms with Gasteiger partial charge >= 0.3 is 0 Å². The summed E-state index contributed by atoms with van der Waals surface area (Å²) in [5.41, 5.74) is 6.95. The lowest BCUT2D eigenvalue weighted by Gasteiger charge is -2.18. The summed E-state index contributed by atoms with van der Waals surface area (Å²) in [7, 11) is 3.19. The highest BCUT2D eigenvalue weighted by atomic mass is 35.5. The van der Waals surface area contributed by atoms with Crippen molar-refractivity contribution in [1.29, 1.82) is 0 Å². The third-order valence-corrected chi connectivity index (χ3v) is 3.68.